The number of hydrogen-bond donors (Lipinski definition) is 1. The number of pyridine rings is 1. The van der Waals surface area contributed by atoms with Crippen LogP contribution in [0, 0.1) is 5.82 Å². The van der Waals surface area contributed by atoms with E-state index < -0.39 is 0 Å². The maximum atomic E-state index is 14.2. The van der Waals surface area contributed by atoms with Crippen LogP contribution in [0.5, 0.6) is 0 Å². The third-order valence-electron chi connectivity index (χ3n) is 4.81. The zero-order chi connectivity index (χ0) is 19.8. The van der Waals surface area contributed by atoms with Crippen LogP contribution in [0.4, 0.5) is 4.39 Å². The molecule has 0 saturated heterocycles. The van der Waals surface area contributed by atoms with Gasteiger partial charge in [-0.25, -0.2) is 14.4 Å². The van der Waals surface area contributed by atoms with Crippen LogP contribution in [0.15, 0.2) is 72.8 Å². The molecule has 0 atom stereocenters. The van der Waals surface area contributed by atoms with Crippen molar-refractivity contribution in [3.63, 3.8) is 0 Å². The summed E-state index contributed by atoms with van der Waals surface area (Å²) in [6, 6.07) is 22.3. The molecule has 3 aromatic carbocycles. The number of para-hydroxylation sites is 3. The average Bonchev–Trinajstić information content (AvgIpc) is 3.17. The van der Waals surface area contributed by atoms with Crippen molar-refractivity contribution in [1.29, 1.82) is 0 Å². The van der Waals surface area contributed by atoms with Gasteiger partial charge in [-0.05, 0) is 48.0 Å². The molecule has 0 radical (unpaired) electrons. The number of H-pyrrole nitrogens is 1. The van der Waals surface area contributed by atoms with E-state index in [1.807, 2.05) is 60.7 Å². The van der Waals surface area contributed by atoms with Crippen LogP contribution in [-0.4, -0.2) is 15.0 Å². The molecule has 2 aromatic heterocycles. The Labute approximate surface area is 171 Å². The van der Waals surface area contributed by atoms with Crippen molar-refractivity contribution < 1.29 is 4.39 Å². The molecule has 0 fully saturated rings. The number of benzene rings is 3. The molecule has 29 heavy (non-hydrogen) atoms. The molecule has 1 N–H and O–H groups in total. The second-order valence-corrected chi connectivity index (χ2v) is 7.09. The SMILES string of the molecule is Fc1cccc(Cl)c1/C=C/c1cc(-c2nc3ccccc3[nH]2)nc2ccccc12. The second-order valence-electron chi connectivity index (χ2n) is 6.69. The van der Waals surface area contributed by atoms with Crippen LogP contribution in [0.25, 0.3) is 45.6 Å². The number of halogens is 2. The smallest absolute Gasteiger partial charge is 0.157 e. The van der Waals surface area contributed by atoms with Crippen LogP contribution in [-0.2, 0) is 0 Å². The Bertz CT molecular complexity index is 1330. The molecular weight excluding hydrogens is 385 g/mol. The van der Waals surface area contributed by atoms with Crippen LogP contribution in [0.3, 0.4) is 0 Å². The normalized spacial score (nSPS) is 11.7. The van der Waals surface area contributed by atoms with Crippen LogP contribution in [0.1, 0.15) is 11.1 Å². The summed E-state index contributed by atoms with van der Waals surface area (Å²) in [7, 11) is 0. The van der Waals surface area contributed by atoms with Gasteiger partial charge in [0, 0.05) is 10.9 Å². The lowest BCUT2D eigenvalue weighted by Crippen LogP contribution is -1.90. The number of nitrogens with one attached hydrogen (secondary N) is 1. The molecule has 0 aliphatic heterocycles. The maximum Gasteiger partial charge on any atom is 0.157 e. The summed E-state index contributed by atoms with van der Waals surface area (Å²) in [5.41, 5.74) is 4.66. The Morgan fingerprint density at radius 1 is 0.828 bits per heavy atom. The first-order valence-corrected chi connectivity index (χ1v) is 9.54. The van der Waals surface area contributed by atoms with E-state index in [1.54, 1.807) is 18.2 Å². The third-order valence-corrected chi connectivity index (χ3v) is 5.14. The lowest BCUT2D eigenvalue weighted by molar-refractivity contribution is 0.625. The second kappa shape index (κ2) is 7.15. The van der Waals surface area contributed by atoms with Gasteiger partial charge >= 0.3 is 0 Å². The molecule has 3 nitrogen and oxygen atoms in total. The fourth-order valence-electron chi connectivity index (χ4n) is 3.38. The fraction of sp³-hybridized carbons (Fsp3) is 0. The molecule has 0 bridgehead atoms. The predicted molar refractivity (Wildman–Crippen MR) is 117 cm³/mol. The van der Waals surface area contributed by atoms with Crippen molar-refractivity contribution in [3.8, 4) is 11.5 Å². The van der Waals surface area contributed by atoms with E-state index in [2.05, 4.69) is 9.97 Å². The standard InChI is InChI=1S/C24H15ClFN3/c25-18-7-5-8-19(26)17(18)13-12-15-14-23(27-20-9-2-1-6-16(15)20)24-28-21-10-3-4-11-22(21)29-24/h1-14H,(H,28,29)/b13-12+. The number of nitrogens with zero attached hydrogens (tertiary/aromatic N) is 2. The summed E-state index contributed by atoms with van der Waals surface area (Å²) >= 11 is 6.17. The molecule has 5 rings (SSSR count). The topological polar surface area (TPSA) is 41.6 Å². The number of imidazole rings is 1. The quantitative estimate of drug-likeness (QED) is 0.365. The highest BCUT2D eigenvalue weighted by Gasteiger charge is 2.10. The van der Waals surface area contributed by atoms with Gasteiger partial charge in [-0.1, -0.05) is 54.1 Å². The molecule has 2 heterocycles. The molecule has 0 unspecified atom stereocenters. The summed E-state index contributed by atoms with van der Waals surface area (Å²) in [5, 5.41) is 1.34. The number of fused-ring (bicyclic) bond motifs is 2. The first kappa shape index (κ1) is 17.6. The molecule has 0 amide bonds. The fourth-order valence-corrected chi connectivity index (χ4v) is 3.60. The van der Waals surface area contributed by atoms with Crippen molar-refractivity contribution in [2.75, 3.05) is 0 Å². The van der Waals surface area contributed by atoms with Gasteiger partial charge in [0.1, 0.15) is 11.5 Å². The van der Waals surface area contributed by atoms with Gasteiger partial charge in [0.2, 0.25) is 0 Å². The minimum absolute atomic E-state index is 0.357. The Hall–Kier alpha value is -3.50. The number of hydrogen-bond acceptors (Lipinski definition) is 2. The van der Waals surface area contributed by atoms with Gasteiger partial charge in [-0.2, -0.15) is 0 Å². The molecular formula is C24H15ClFN3. The number of aromatic nitrogens is 3. The van der Waals surface area contributed by atoms with E-state index in [9.17, 15) is 4.39 Å². The Balaban J connectivity index is 1.67. The van der Waals surface area contributed by atoms with Crippen molar-refractivity contribution in [1.82, 2.24) is 15.0 Å². The van der Waals surface area contributed by atoms with Crippen LogP contribution >= 0.6 is 11.6 Å². The zero-order valence-corrected chi connectivity index (χ0v) is 16.0. The van der Waals surface area contributed by atoms with Gasteiger partial charge < -0.3 is 4.98 Å². The molecule has 0 aliphatic rings. The van der Waals surface area contributed by atoms with E-state index >= 15 is 0 Å². The summed E-state index contributed by atoms with van der Waals surface area (Å²) in [6.45, 7) is 0. The van der Waals surface area contributed by atoms with Gasteiger partial charge in [0.25, 0.3) is 0 Å². The Morgan fingerprint density at radius 2 is 1.62 bits per heavy atom. The highest BCUT2D eigenvalue weighted by Crippen LogP contribution is 2.28. The van der Waals surface area contributed by atoms with Crippen molar-refractivity contribution in [2.45, 2.75) is 0 Å². The summed E-state index contributed by atoms with van der Waals surface area (Å²) in [5.74, 6) is 0.333. The number of rotatable bonds is 3. The van der Waals surface area contributed by atoms with E-state index in [-0.39, 0.29) is 5.82 Å². The highest BCUT2D eigenvalue weighted by molar-refractivity contribution is 6.32. The highest BCUT2D eigenvalue weighted by atomic mass is 35.5. The van der Waals surface area contributed by atoms with Crippen molar-refractivity contribution >= 4 is 45.7 Å². The summed E-state index contributed by atoms with van der Waals surface area (Å²) in [6.07, 6.45) is 3.56. The molecule has 5 aromatic rings. The Kier molecular flexibility index (Phi) is 4.34. The average molecular weight is 400 g/mol. The lowest BCUT2D eigenvalue weighted by atomic mass is 10.1. The molecule has 0 aliphatic carbocycles. The molecule has 5 heteroatoms. The monoisotopic (exact) mass is 399 g/mol. The van der Waals surface area contributed by atoms with Crippen molar-refractivity contribution in [2.24, 2.45) is 0 Å². The Morgan fingerprint density at radius 3 is 2.45 bits per heavy atom. The summed E-state index contributed by atoms with van der Waals surface area (Å²) in [4.78, 5) is 12.7. The van der Waals surface area contributed by atoms with E-state index in [0.29, 0.717) is 16.4 Å². The minimum atomic E-state index is -0.357. The van der Waals surface area contributed by atoms with Gasteiger partial charge in [-0.3, -0.25) is 0 Å². The minimum Gasteiger partial charge on any atom is -0.337 e. The summed E-state index contributed by atoms with van der Waals surface area (Å²) < 4.78 is 14.2. The molecule has 140 valence electrons. The van der Waals surface area contributed by atoms with Gasteiger partial charge in [0.05, 0.1) is 21.6 Å². The molecule has 0 saturated carbocycles. The maximum absolute atomic E-state index is 14.2. The zero-order valence-electron chi connectivity index (χ0n) is 15.2. The van der Waals surface area contributed by atoms with Crippen LogP contribution < -0.4 is 0 Å². The molecule has 0 spiro atoms. The van der Waals surface area contributed by atoms with E-state index in [4.69, 9.17) is 16.6 Å². The first-order valence-electron chi connectivity index (χ1n) is 9.16. The number of aromatic amines is 1. The third kappa shape index (κ3) is 3.28. The largest absolute Gasteiger partial charge is 0.337 e. The van der Waals surface area contributed by atoms with Gasteiger partial charge in [-0.15, -0.1) is 0 Å². The van der Waals surface area contributed by atoms with Gasteiger partial charge in [0.15, 0.2) is 5.82 Å². The first-order chi connectivity index (χ1) is 14.2. The van der Waals surface area contributed by atoms with Crippen LogP contribution in [0.2, 0.25) is 5.02 Å². The van der Waals surface area contributed by atoms with Crippen molar-refractivity contribution in [3.05, 3.63) is 94.8 Å². The predicted octanol–water partition coefficient (Wildman–Crippen LogP) is 6.74. The van der Waals surface area contributed by atoms with E-state index in [0.717, 1.165) is 33.2 Å². The van der Waals surface area contributed by atoms with E-state index in [1.165, 1.54) is 6.07 Å². The lowest BCUT2D eigenvalue weighted by Gasteiger charge is -2.06.